The highest BCUT2D eigenvalue weighted by Gasteiger charge is 2.70. The molecule has 18 heteroatoms. The molecule has 7 fully saturated rings. The van der Waals surface area contributed by atoms with Crippen LogP contribution in [0.2, 0.25) is 0 Å². The molecule has 0 bridgehead atoms. The van der Waals surface area contributed by atoms with E-state index in [2.05, 4.69) is 13.8 Å². The van der Waals surface area contributed by atoms with Gasteiger partial charge in [-0.2, -0.15) is 0 Å². The summed E-state index contributed by atoms with van der Waals surface area (Å²) in [5.74, 6) is -8.80. The van der Waals surface area contributed by atoms with Crippen LogP contribution in [0.5, 0.6) is 0 Å². The Morgan fingerprint density at radius 3 is 1.94 bits per heavy atom. The van der Waals surface area contributed by atoms with Crippen molar-refractivity contribution in [3.05, 3.63) is 0 Å². The van der Waals surface area contributed by atoms with Crippen molar-refractivity contribution in [1.29, 1.82) is 0 Å². The molecular weight excluding hydrogens is 865 g/mol. The van der Waals surface area contributed by atoms with Gasteiger partial charge in [0.05, 0.1) is 79.4 Å². The van der Waals surface area contributed by atoms with E-state index < -0.39 is 83.4 Å². The Morgan fingerprint density at radius 2 is 1.33 bits per heavy atom. The minimum atomic E-state index is -2.50. The number of carboxylic acids is 1. The summed E-state index contributed by atoms with van der Waals surface area (Å²) in [5, 5.41) is 43.9. The molecule has 0 aromatic heterocycles. The topological polar surface area (TPSA) is 218 Å². The summed E-state index contributed by atoms with van der Waals surface area (Å²) in [6.45, 7) is 17.2. The molecule has 1 spiro atoms. The van der Waals surface area contributed by atoms with Gasteiger partial charge in [-0.1, -0.05) is 34.6 Å². The van der Waals surface area contributed by atoms with Crippen LogP contribution in [0.25, 0.3) is 0 Å². The Labute approximate surface area is 391 Å². The van der Waals surface area contributed by atoms with Gasteiger partial charge in [-0.15, -0.1) is 0 Å². The van der Waals surface area contributed by atoms with Crippen LogP contribution in [0.15, 0.2) is 0 Å². The monoisotopic (exact) mass is 947 g/mol. The van der Waals surface area contributed by atoms with E-state index in [1.165, 1.54) is 14.2 Å². The van der Waals surface area contributed by atoms with E-state index in [4.69, 9.17) is 61.6 Å². The SMILES string of the molecule is CO[C@H]1CC[C@H](O[C@H]2[C@H](C)C(C3CCC(C4CCC([C@@]5(C)O[C@]6(O[C@H](C[C@@H]7O[C@](O)([C@@H](O)C(=O)O)[C@@H](C)[C@H](OC)[C@@]7(C)OC)C[C@@H](OC)[C@H]6C)[C@H](C)[C@H]5OC)O4)O3)O[C@](C)(O)[C@@H]2C)O[C@@H]1C. The Kier molecular flexibility index (Phi) is 15.8. The van der Waals surface area contributed by atoms with Gasteiger partial charge in [0.2, 0.25) is 11.9 Å². The van der Waals surface area contributed by atoms with E-state index in [0.29, 0.717) is 19.3 Å². The fourth-order valence-electron chi connectivity index (χ4n) is 13.3. The number of aliphatic hydroxyl groups is 3. The molecule has 0 aromatic carbocycles. The second-order valence-electron chi connectivity index (χ2n) is 21.2. The summed E-state index contributed by atoms with van der Waals surface area (Å²) in [6, 6.07) is 0. The van der Waals surface area contributed by atoms with Gasteiger partial charge in [-0.3, -0.25) is 0 Å². The Balaban J connectivity index is 1.05. The van der Waals surface area contributed by atoms with Crippen molar-refractivity contribution in [2.24, 2.45) is 29.6 Å². The van der Waals surface area contributed by atoms with Crippen molar-refractivity contribution in [2.45, 2.75) is 234 Å². The van der Waals surface area contributed by atoms with Crippen LogP contribution >= 0.6 is 0 Å². The van der Waals surface area contributed by atoms with E-state index in [-0.39, 0.29) is 78.9 Å². The summed E-state index contributed by atoms with van der Waals surface area (Å²) in [4.78, 5) is 12.1. The summed E-state index contributed by atoms with van der Waals surface area (Å²) in [7, 11) is 7.98. The van der Waals surface area contributed by atoms with E-state index in [9.17, 15) is 25.2 Å². The van der Waals surface area contributed by atoms with Crippen LogP contribution in [-0.4, -0.2) is 182 Å². The quantitative estimate of drug-likeness (QED) is 0.194. The first-order chi connectivity index (χ1) is 31.0. The zero-order valence-electron chi connectivity index (χ0n) is 41.7. The number of methoxy groups -OCH3 is 5. The lowest BCUT2D eigenvalue weighted by Gasteiger charge is -2.56. The molecule has 0 amide bonds. The molecule has 7 rings (SSSR count). The van der Waals surface area contributed by atoms with E-state index in [1.54, 1.807) is 42.1 Å². The van der Waals surface area contributed by atoms with Gasteiger partial charge in [0.15, 0.2) is 17.9 Å². The predicted octanol–water partition coefficient (Wildman–Crippen LogP) is 3.94. The molecule has 0 radical (unpaired) electrons. The first kappa shape index (κ1) is 52.6. The molecule has 0 aromatic rings. The molecule has 25 atom stereocenters. The van der Waals surface area contributed by atoms with Gasteiger partial charge in [0.25, 0.3) is 0 Å². The lowest BCUT2D eigenvalue weighted by atomic mass is 9.73. The summed E-state index contributed by atoms with van der Waals surface area (Å²) in [6.07, 6.45) is -2.92. The molecule has 5 unspecified atom stereocenters. The minimum absolute atomic E-state index is 0.0182. The third kappa shape index (κ3) is 8.95. The van der Waals surface area contributed by atoms with E-state index in [1.807, 2.05) is 27.7 Å². The van der Waals surface area contributed by atoms with E-state index >= 15 is 0 Å². The Morgan fingerprint density at radius 1 is 0.697 bits per heavy atom. The number of ether oxygens (including phenoxy) is 13. The second kappa shape index (κ2) is 19.8. The maximum atomic E-state index is 12.1. The van der Waals surface area contributed by atoms with Gasteiger partial charge in [-0.25, -0.2) is 4.79 Å². The van der Waals surface area contributed by atoms with Crippen molar-refractivity contribution >= 4 is 5.97 Å². The predicted molar refractivity (Wildman–Crippen MR) is 234 cm³/mol. The van der Waals surface area contributed by atoms with Crippen LogP contribution in [0.3, 0.4) is 0 Å². The third-order valence-electron chi connectivity index (χ3n) is 17.6. The number of aliphatic carboxylic acids is 1. The first-order valence-electron chi connectivity index (χ1n) is 24.4. The molecule has 0 saturated carbocycles. The van der Waals surface area contributed by atoms with Gasteiger partial charge in [-0.05, 0) is 59.8 Å². The Bertz CT molecular complexity index is 1660. The van der Waals surface area contributed by atoms with Crippen LogP contribution in [0.4, 0.5) is 0 Å². The molecule has 7 saturated heterocycles. The normalized spacial score (nSPS) is 53.9. The second-order valence-corrected chi connectivity index (χ2v) is 21.2. The zero-order valence-corrected chi connectivity index (χ0v) is 41.7. The van der Waals surface area contributed by atoms with Gasteiger partial charge in [0, 0.05) is 84.4 Å². The summed E-state index contributed by atoms with van der Waals surface area (Å²) >= 11 is 0. The van der Waals surface area contributed by atoms with Crippen LogP contribution < -0.4 is 0 Å². The average Bonchev–Trinajstić information content (AvgIpc) is 4.02. The highest BCUT2D eigenvalue weighted by molar-refractivity contribution is 5.73. The molecule has 0 aliphatic carbocycles. The highest BCUT2D eigenvalue weighted by atomic mass is 16.7. The number of carbonyl (C=O) groups is 1. The molecule has 7 aliphatic heterocycles. The number of rotatable bonds is 14. The molecule has 66 heavy (non-hydrogen) atoms. The average molecular weight is 947 g/mol. The van der Waals surface area contributed by atoms with Crippen LogP contribution in [0, 0.1) is 29.6 Å². The zero-order chi connectivity index (χ0) is 48.5. The van der Waals surface area contributed by atoms with Crippen molar-refractivity contribution < 1.29 is 86.8 Å². The van der Waals surface area contributed by atoms with E-state index in [0.717, 1.165) is 25.7 Å². The molecular formula is C48H82O18. The number of hydrogen-bond donors (Lipinski definition) is 4. The van der Waals surface area contributed by atoms with Gasteiger partial charge >= 0.3 is 5.97 Å². The maximum Gasteiger partial charge on any atom is 0.338 e. The molecule has 4 N–H and O–H groups in total. The Hall–Kier alpha value is -1.17. The molecule has 7 aliphatic rings. The van der Waals surface area contributed by atoms with Crippen molar-refractivity contribution in [3.8, 4) is 0 Å². The molecule has 382 valence electrons. The maximum absolute atomic E-state index is 12.1. The highest BCUT2D eigenvalue weighted by Crippen LogP contribution is 2.57. The lowest BCUT2D eigenvalue weighted by Crippen LogP contribution is -2.72. The van der Waals surface area contributed by atoms with Gasteiger partial charge < -0.3 is 82.0 Å². The number of hydrogen-bond acceptors (Lipinski definition) is 17. The van der Waals surface area contributed by atoms with Crippen LogP contribution in [0.1, 0.15) is 114 Å². The molecule has 7 heterocycles. The third-order valence-corrected chi connectivity index (χ3v) is 17.6. The first-order valence-corrected chi connectivity index (χ1v) is 24.4. The van der Waals surface area contributed by atoms with Gasteiger partial charge in [0.1, 0.15) is 11.2 Å². The lowest BCUT2D eigenvalue weighted by molar-refractivity contribution is -0.389. The van der Waals surface area contributed by atoms with Crippen LogP contribution in [-0.2, 0) is 66.4 Å². The van der Waals surface area contributed by atoms with Crippen molar-refractivity contribution in [2.75, 3.05) is 35.5 Å². The minimum Gasteiger partial charge on any atom is -0.479 e. The number of carboxylic acid groups (broad SMARTS) is 1. The van der Waals surface area contributed by atoms with Crippen molar-refractivity contribution in [1.82, 2.24) is 0 Å². The number of aliphatic hydroxyl groups excluding tert-OH is 1. The fraction of sp³-hybridized carbons (Fsp3) is 0.979. The summed E-state index contributed by atoms with van der Waals surface area (Å²) < 4.78 is 83.8. The molecule has 18 nitrogen and oxygen atoms in total. The van der Waals surface area contributed by atoms with Crippen molar-refractivity contribution in [3.63, 3.8) is 0 Å². The fourth-order valence-corrected chi connectivity index (χ4v) is 13.3. The standard InChI is InChI=1S/C48H82O18/c1-23-38(62-37-20-18-30(54-10)28(6)59-37)25(3)46(9,52)65-39(23)33-16-15-31(60-33)32-17-19-35(61-32)45(8)42(57-13)27(5)48(66-45)24(2)34(55-11)21-29(63-48)22-36-44(7,58-14)41(56-12)26(4)47(53,64-36)40(49)43(50)51/h23-42,49,52-53H,15-22H2,1-14H3,(H,50,51)/t23-,24+,25+,26-,27+,28+,29-,30-,31?,32?,33?,34+,35?,36-,37-,38-,39?,40-,41-,42+,44-,45+,46-,47-,48-/m0/s1. The largest absolute Gasteiger partial charge is 0.479 e. The smallest absolute Gasteiger partial charge is 0.338 e. The summed E-state index contributed by atoms with van der Waals surface area (Å²) in [5.41, 5.74) is -2.16.